The van der Waals surface area contributed by atoms with Crippen molar-refractivity contribution in [2.24, 2.45) is 5.92 Å². The quantitative estimate of drug-likeness (QED) is 0.756. The molecule has 0 radical (unpaired) electrons. The van der Waals surface area contributed by atoms with E-state index < -0.39 is 0 Å². The van der Waals surface area contributed by atoms with Gasteiger partial charge in [-0.1, -0.05) is 32.9 Å². The number of benzene rings is 1. The van der Waals surface area contributed by atoms with Crippen LogP contribution in [-0.4, -0.2) is 24.4 Å². The van der Waals surface area contributed by atoms with E-state index in [1.165, 1.54) is 5.56 Å². The number of phenolic OH excluding ortho intramolecular Hbond substituents is 1. The zero-order chi connectivity index (χ0) is 14.3. The summed E-state index contributed by atoms with van der Waals surface area (Å²) in [7, 11) is 0. The summed E-state index contributed by atoms with van der Waals surface area (Å²) in [5, 5.41) is 13.0. The van der Waals surface area contributed by atoms with Crippen LogP contribution in [0.25, 0.3) is 0 Å². The van der Waals surface area contributed by atoms with Crippen molar-refractivity contribution in [1.82, 2.24) is 5.32 Å². The van der Waals surface area contributed by atoms with Crippen LogP contribution in [0.1, 0.15) is 45.7 Å². The Balaban J connectivity index is 2.70. The molecule has 0 heterocycles. The highest BCUT2D eigenvalue weighted by molar-refractivity contribution is 5.28. The van der Waals surface area contributed by atoms with Crippen LogP contribution >= 0.6 is 0 Å². The second kappa shape index (κ2) is 8.18. The van der Waals surface area contributed by atoms with Gasteiger partial charge in [0.2, 0.25) is 0 Å². The average Bonchev–Trinajstić information content (AvgIpc) is 2.40. The number of rotatable bonds is 8. The van der Waals surface area contributed by atoms with Crippen molar-refractivity contribution in [2.75, 3.05) is 13.2 Å². The van der Waals surface area contributed by atoms with E-state index in [2.05, 4.69) is 26.1 Å². The van der Waals surface area contributed by atoms with E-state index in [1.54, 1.807) is 12.1 Å². The number of ether oxygens (including phenoxy) is 1. The van der Waals surface area contributed by atoms with E-state index in [9.17, 15) is 5.11 Å². The Morgan fingerprint density at radius 3 is 2.26 bits per heavy atom. The van der Waals surface area contributed by atoms with Gasteiger partial charge in [0.05, 0.1) is 6.61 Å². The van der Waals surface area contributed by atoms with Gasteiger partial charge in [-0.15, -0.1) is 0 Å². The van der Waals surface area contributed by atoms with E-state index in [-0.39, 0.29) is 0 Å². The average molecular weight is 265 g/mol. The van der Waals surface area contributed by atoms with E-state index in [0.29, 0.717) is 23.8 Å². The van der Waals surface area contributed by atoms with E-state index in [4.69, 9.17) is 4.74 Å². The molecule has 0 fully saturated rings. The smallest absolute Gasteiger partial charge is 0.115 e. The molecule has 0 amide bonds. The summed E-state index contributed by atoms with van der Waals surface area (Å²) in [5.74, 6) is 0.839. The predicted molar refractivity (Wildman–Crippen MR) is 79.4 cm³/mol. The molecule has 0 bridgehead atoms. The lowest BCUT2D eigenvalue weighted by Crippen LogP contribution is -2.40. The lowest BCUT2D eigenvalue weighted by molar-refractivity contribution is 0.103. The zero-order valence-corrected chi connectivity index (χ0v) is 12.5. The van der Waals surface area contributed by atoms with Crippen molar-refractivity contribution < 1.29 is 9.84 Å². The number of phenols is 1. The maximum absolute atomic E-state index is 9.36. The Morgan fingerprint density at radius 2 is 1.79 bits per heavy atom. The molecule has 0 aliphatic rings. The highest BCUT2D eigenvalue weighted by Gasteiger charge is 2.18. The second-order valence-electron chi connectivity index (χ2n) is 5.23. The van der Waals surface area contributed by atoms with Crippen LogP contribution < -0.4 is 5.32 Å². The van der Waals surface area contributed by atoms with Crippen molar-refractivity contribution in [2.45, 2.75) is 46.2 Å². The largest absolute Gasteiger partial charge is 0.508 e. The lowest BCUT2D eigenvalue weighted by atomic mass is 9.99. The molecule has 0 aliphatic carbocycles. The Bertz CT molecular complexity index is 348. The SMILES string of the molecule is CCOCC(NC(CC)c1ccc(O)cc1)C(C)C. The van der Waals surface area contributed by atoms with Gasteiger partial charge in [0, 0.05) is 18.7 Å². The molecule has 108 valence electrons. The Labute approximate surface area is 117 Å². The second-order valence-corrected chi connectivity index (χ2v) is 5.23. The minimum Gasteiger partial charge on any atom is -0.508 e. The van der Waals surface area contributed by atoms with Crippen molar-refractivity contribution in [3.05, 3.63) is 29.8 Å². The molecule has 0 saturated carbocycles. The third-order valence-electron chi connectivity index (χ3n) is 3.43. The maximum atomic E-state index is 9.36. The third kappa shape index (κ3) is 5.21. The maximum Gasteiger partial charge on any atom is 0.115 e. The van der Waals surface area contributed by atoms with Crippen molar-refractivity contribution >= 4 is 0 Å². The van der Waals surface area contributed by atoms with E-state index in [1.807, 2.05) is 19.1 Å². The van der Waals surface area contributed by atoms with Gasteiger partial charge in [0.1, 0.15) is 5.75 Å². The standard InChI is InChI=1S/C16H27NO2/c1-5-15(13-7-9-14(18)10-8-13)17-16(12(3)4)11-19-6-2/h7-10,12,15-18H,5-6,11H2,1-4H3. The van der Waals surface area contributed by atoms with Crippen molar-refractivity contribution in [1.29, 1.82) is 0 Å². The highest BCUT2D eigenvalue weighted by atomic mass is 16.5. The van der Waals surface area contributed by atoms with Crippen LogP contribution in [-0.2, 0) is 4.74 Å². The molecule has 2 atom stereocenters. The topological polar surface area (TPSA) is 41.5 Å². The molecule has 0 aliphatic heterocycles. The van der Waals surface area contributed by atoms with Gasteiger partial charge in [-0.05, 0) is 37.0 Å². The zero-order valence-electron chi connectivity index (χ0n) is 12.5. The van der Waals surface area contributed by atoms with Gasteiger partial charge in [0.15, 0.2) is 0 Å². The molecule has 1 rings (SSSR count). The Hall–Kier alpha value is -1.06. The van der Waals surface area contributed by atoms with Gasteiger partial charge >= 0.3 is 0 Å². The fraction of sp³-hybridized carbons (Fsp3) is 0.625. The van der Waals surface area contributed by atoms with Gasteiger partial charge in [0.25, 0.3) is 0 Å². The summed E-state index contributed by atoms with van der Waals surface area (Å²) in [4.78, 5) is 0. The van der Waals surface area contributed by atoms with Gasteiger partial charge in [-0.2, -0.15) is 0 Å². The van der Waals surface area contributed by atoms with Gasteiger partial charge in [-0.25, -0.2) is 0 Å². The summed E-state index contributed by atoms with van der Waals surface area (Å²) in [6, 6.07) is 8.09. The van der Waals surface area contributed by atoms with Gasteiger partial charge < -0.3 is 15.2 Å². The molecular formula is C16H27NO2. The van der Waals surface area contributed by atoms with Crippen LogP contribution in [0.5, 0.6) is 5.75 Å². The molecule has 0 spiro atoms. The molecule has 3 heteroatoms. The van der Waals surface area contributed by atoms with Crippen LogP contribution in [0.2, 0.25) is 0 Å². The first-order valence-electron chi connectivity index (χ1n) is 7.21. The number of hydrogen-bond acceptors (Lipinski definition) is 3. The fourth-order valence-corrected chi connectivity index (χ4v) is 2.09. The molecule has 1 aromatic carbocycles. The summed E-state index contributed by atoms with van der Waals surface area (Å²) in [6.07, 6.45) is 1.01. The number of aromatic hydroxyl groups is 1. The van der Waals surface area contributed by atoms with E-state index >= 15 is 0 Å². The minimum absolute atomic E-state index is 0.299. The van der Waals surface area contributed by atoms with E-state index in [0.717, 1.165) is 19.6 Å². The molecule has 1 aromatic rings. The Kier molecular flexibility index (Phi) is 6.89. The van der Waals surface area contributed by atoms with Crippen LogP contribution in [0, 0.1) is 5.92 Å². The first kappa shape index (κ1) is 16.0. The molecule has 3 nitrogen and oxygen atoms in total. The molecule has 2 N–H and O–H groups in total. The van der Waals surface area contributed by atoms with Crippen molar-refractivity contribution in [3.8, 4) is 5.75 Å². The summed E-state index contributed by atoms with van der Waals surface area (Å²) >= 11 is 0. The van der Waals surface area contributed by atoms with Crippen LogP contribution in [0.3, 0.4) is 0 Å². The fourth-order valence-electron chi connectivity index (χ4n) is 2.09. The first-order chi connectivity index (χ1) is 9.08. The minimum atomic E-state index is 0.299. The lowest BCUT2D eigenvalue weighted by Gasteiger charge is -2.28. The predicted octanol–water partition coefficient (Wildman–Crippen LogP) is 3.49. The normalized spacial score (nSPS) is 14.6. The number of nitrogens with one attached hydrogen (secondary N) is 1. The van der Waals surface area contributed by atoms with Crippen molar-refractivity contribution in [3.63, 3.8) is 0 Å². The molecule has 19 heavy (non-hydrogen) atoms. The molecular weight excluding hydrogens is 238 g/mol. The summed E-state index contributed by atoms with van der Waals surface area (Å²) in [6.45, 7) is 10.1. The van der Waals surface area contributed by atoms with Crippen LogP contribution in [0.15, 0.2) is 24.3 Å². The summed E-state index contributed by atoms with van der Waals surface area (Å²) in [5.41, 5.74) is 1.21. The van der Waals surface area contributed by atoms with Crippen LogP contribution in [0.4, 0.5) is 0 Å². The first-order valence-corrected chi connectivity index (χ1v) is 7.21. The monoisotopic (exact) mass is 265 g/mol. The highest BCUT2D eigenvalue weighted by Crippen LogP contribution is 2.21. The Morgan fingerprint density at radius 1 is 1.16 bits per heavy atom. The van der Waals surface area contributed by atoms with Gasteiger partial charge in [-0.3, -0.25) is 0 Å². The molecule has 0 saturated heterocycles. The summed E-state index contributed by atoms with van der Waals surface area (Å²) < 4.78 is 5.55. The third-order valence-corrected chi connectivity index (χ3v) is 3.43. The number of hydrogen-bond donors (Lipinski definition) is 2. The molecule has 0 aromatic heterocycles. The molecule has 2 unspecified atom stereocenters.